The lowest BCUT2D eigenvalue weighted by molar-refractivity contribution is -0.150. The second-order valence-electron chi connectivity index (χ2n) is 5.11. The van der Waals surface area contributed by atoms with E-state index in [0.29, 0.717) is 0 Å². The van der Waals surface area contributed by atoms with Gasteiger partial charge in [0.1, 0.15) is 17.1 Å². The monoisotopic (exact) mass is 267 g/mol. The third kappa shape index (κ3) is 2.25. The van der Waals surface area contributed by atoms with Gasteiger partial charge >= 0.3 is 0 Å². The molecule has 0 spiro atoms. The Morgan fingerprint density at radius 2 is 2.17 bits per heavy atom. The Morgan fingerprint density at radius 3 is 2.72 bits per heavy atom. The molecule has 1 atom stereocenters. The van der Waals surface area contributed by atoms with Crippen molar-refractivity contribution in [2.75, 3.05) is 6.54 Å². The summed E-state index contributed by atoms with van der Waals surface area (Å²) in [6.45, 7) is 7.37. The van der Waals surface area contributed by atoms with E-state index in [-0.39, 0.29) is 24.4 Å². The minimum atomic E-state index is -0.837. The van der Waals surface area contributed by atoms with E-state index in [1.54, 1.807) is 18.7 Å². The minimum absolute atomic E-state index is 0.0672. The first-order valence-corrected chi connectivity index (χ1v) is 6.73. The molecule has 18 heavy (non-hydrogen) atoms. The van der Waals surface area contributed by atoms with Crippen LogP contribution in [0.25, 0.3) is 0 Å². The van der Waals surface area contributed by atoms with Crippen LogP contribution in [0.4, 0.5) is 0 Å². The number of carbonyl (C=O) groups excluding carboxylic acids is 2. The lowest BCUT2D eigenvalue weighted by Crippen LogP contribution is -2.64. The molecular formula is C12H17N3O2S. The van der Waals surface area contributed by atoms with Crippen LogP contribution < -0.4 is 5.32 Å². The molecule has 2 heterocycles. The van der Waals surface area contributed by atoms with Crippen LogP contribution in [-0.2, 0) is 9.59 Å². The highest BCUT2D eigenvalue weighted by Gasteiger charge is 2.41. The van der Waals surface area contributed by atoms with Crippen molar-refractivity contribution in [3.63, 3.8) is 0 Å². The molecule has 1 aliphatic rings. The molecule has 0 aliphatic carbocycles. The standard InChI is InChI=1S/C12H17N3O2S/c1-7-6-18-10(13-7)8(2)15-5-9(16)14-12(3,4)11(15)17/h6,8H,5H2,1-4H3,(H,14,16). The highest BCUT2D eigenvalue weighted by Crippen LogP contribution is 2.27. The Balaban J connectivity index is 2.26. The molecule has 5 nitrogen and oxygen atoms in total. The van der Waals surface area contributed by atoms with Crippen LogP contribution >= 0.6 is 11.3 Å². The Kier molecular flexibility index (Phi) is 3.14. The lowest BCUT2D eigenvalue weighted by atomic mass is 9.99. The van der Waals surface area contributed by atoms with Crippen molar-refractivity contribution in [3.8, 4) is 0 Å². The second kappa shape index (κ2) is 4.35. The molecule has 1 aliphatic heterocycles. The van der Waals surface area contributed by atoms with Crippen molar-refractivity contribution in [2.45, 2.75) is 39.3 Å². The van der Waals surface area contributed by atoms with Gasteiger partial charge in [-0.05, 0) is 27.7 Å². The third-order valence-electron chi connectivity index (χ3n) is 3.02. The van der Waals surface area contributed by atoms with Gasteiger partial charge in [-0.3, -0.25) is 9.59 Å². The molecule has 1 fully saturated rings. The second-order valence-corrected chi connectivity index (χ2v) is 6.00. The maximum Gasteiger partial charge on any atom is 0.248 e. The number of rotatable bonds is 2. The van der Waals surface area contributed by atoms with E-state index < -0.39 is 5.54 Å². The minimum Gasteiger partial charge on any atom is -0.341 e. The number of nitrogens with zero attached hydrogens (tertiary/aromatic N) is 2. The van der Waals surface area contributed by atoms with E-state index in [1.165, 1.54) is 11.3 Å². The van der Waals surface area contributed by atoms with Crippen LogP contribution in [0, 0.1) is 6.92 Å². The van der Waals surface area contributed by atoms with Crippen molar-refractivity contribution in [2.24, 2.45) is 0 Å². The molecule has 1 aromatic rings. The van der Waals surface area contributed by atoms with Crippen molar-refractivity contribution >= 4 is 23.2 Å². The molecule has 0 radical (unpaired) electrons. The van der Waals surface area contributed by atoms with Crippen molar-refractivity contribution in [3.05, 3.63) is 16.1 Å². The Labute approximate surface area is 110 Å². The van der Waals surface area contributed by atoms with Gasteiger partial charge in [0, 0.05) is 11.1 Å². The van der Waals surface area contributed by atoms with Crippen LogP contribution in [0.5, 0.6) is 0 Å². The molecule has 1 saturated heterocycles. The van der Waals surface area contributed by atoms with Crippen molar-refractivity contribution in [1.29, 1.82) is 0 Å². The van der Waals surface area contributed by atoms with Gasteiger partial charge in [-0.15, -0.1) is 11.3 Å². The van der Waals surface area contributed by atoms with E-state index in [4.69, 9.17) is 0 Å². The van der Waals surface area contributed by atoms with Crippen LogP contribution in [0.1, 0.15) is 37.5 Å². The molecule has 2 amide bonds. The van der Waals surface area contributed by atoms with E-state index >= 15 is 0 Å². The molecule has 1 N–H and O–H groups in total. The van der Waals surface area contributed by atoms with Gasteiger partial charge in [0.25, 0.3) is 0 Å². The maximum atomic E-state index is 12.3. The molecule has 2 rings (SSSR count). The Morgan fingerprint density at radius 1 is 1.50 bits per heavy atom. The number of aryl methyl sites for hydroxylation is 1. The average molecular weight is 267 g/mol. The Hall–Kier alpha value is -1.43. The summed E-state index contributed by atoms with van der Waals surface area (Å²) in [5, 5.41) is 5.52. The number of aromatic nitrogens is 1. The first-order chi connectivity index (χ1) is 8.31. The fraction of sp³-hybridized carbons (Fsp3) is 0.583. The van der Waals surface area contributed by atoms with Gasteiger partial charge in [0.05, 0.1) is 6.04 Å². The average Bonchev–Trinajstić information content (AvgIpc) is 2.68. The molecular weight excluding hydrogens is 250 g/mol. The van der Waals surface area contributed by atoms with E-state index in [1.807, 2.05) is 19.2 Å². The summed E-state index contributed by atoms with van der Waals surface area (Å²) in [4.78, 5) is 29.9. The first-order valence-electron chi connectivity index (χ1n) is 5.85. The first kappa shape index (κ1) is 13.0. The molecule has 6 heteroatoms. The van der Waals surface area contributed by atoms with Gasteiger partial charge in [-0.2, -0.15) is 0 Å². The molecule has 0 saturated carbocycles. The summed E-state index contributed by atoms with van der Waals surface area (Å²) < 4.78 is 0. The predicted molar refractivity (Wildman–Crippen MR) is 69.2 cm³/mol. The number of thiazole rings is 1. The van der Waals surface area contributed by atoms with Crippen molar-refractivity contribution in [1.82, 2.24) is 15.2 Å². The van der Waals surface area contributed by atoms with Crippen LogP contribution in [0.3, 0.4) is 0 Å². The van der Waals surface area contributed by atoms with E-state index in [2.05, 4.69) is 10.3 Å². The summed E-state index contributed by atoms with van der Waals surface area (Å²) in [6.07, 6.45) is 0. The zero-order valence-corrected chi connectivity index (χ0v) is 11.8. The van der Waals surface area contributed by atoms with Crippen molar-refractivity contribution < 1.29 is 9.59 Å². The largest absolute Gasteiger partial charge is 0.341 e. The van der Waals surface area contributed by atoms with E-state index in [9.17, 15) is 9.59 Å². The topological polar surface area (TPSA) is 62.3 Å². The summed E-state index contributed by atoms with van der Waals surface area (Å²) in [6, 6.07) is -0.165. The molecule has 0 aromatic carbocycles. The van der Waals surface area contributed by atoms with Gasteiger partial charge in [-0.1, -0.05) is 0 Å². The fourth-order valence-electron chi connectivity index (χ4n) is 2.04. The summed E-state index contributed by atoms with van der Waals surface area (Å²) in [7, 11) is 0. The number of carbonyl (C=O) groups is 2. The number of piperazine rings is 1. The van der Waals surface area contributed by atoms with Gasteiger partial charge in [-0.25, -0.2) is 4.98 Å². The SMILES string of the molecule is Cc1csc(C(C)N2CC(=O)NC(C)(C)C2=O)n1. The Bertz CT molecular complexity index is 495. The van der Waals surface area contributed by atoms with Crippen LogP contribution in [0.15, 0.2) is 5.38 Å². The van der Waals surface area contributed by atoms with Crippen LogP contribution in [-0.4, -0.2) is 33.8 Å². The predicted octanol–water partition coefficient (Wildman–Crippen LogP) is 1.25. The summed E-state index contributed by atoms with van der Waals surface area (Å²) in [5.41, 5.74) is 0.102. The smallest absolute Gasteiger partial charge is 0.248 e. The zero-order chi connectivity index (χ0) is 13.5. The van der Waals surface area contributed by atoms with Gasteiger partial charge < -0.3 is 10.2 Å². The molecule has 98 valence electrons. The van der Waals surface area contributed by atoms with Gasteiger partial charge in [0.15, 0.2) is 0 Å². The lowest BCUT2D eigenvalue weighted by Gasteiger charge is -2.39. The number of amides is 2. The summed E-state index contributed by atoms with van der Waals surface area (Å²) in [5.74, 6) is -0.192. The normalized spacial score (nSPS) is 20.8. The fourth-order valence-corrected chi connectivity index (χ4v) is 2.90. The maximum absolute atomic E-state index is 12.3. The molecule has 0 bridgehead atoms. The van der Waals surface area contributed by atoms with Gasteiger partial charge in [0.2, 0.25) is 11.8 Å². The zero-order valence-electron chi connectivity index (χ0n) is 11.0. The summed E-state index contributed by atoms with van der Waals surface area (Å²) >= 11 is 1.52. The van der Waals surface area contributed by atoms with E-state index in [0.717, 1.165) is 10.7 Å². The molecule has 1 unspecified atom stereocenters. The highest BCUT2D eigenvalue weighted by atomic mass is 32.1. The molecule has 1 aromatic heterocycles. The quantitative estimate of drug-likeness (QED) is 0.877. The number of hydrogen-bond donors (Lipinski definition) is 1. The highest BCUT2D eigenvalue weighted by molar-refractivity contribution is 7.09. The van der Waals surface area contributed by atoms with Crippen LogP contribution in [0.2, 0.25) is 0 Å². The third-order valence-corrected chi connectivity index (χ3v) is 4.16. The number of nitrogens with one attached hydrogen (secondary N) is 1. The number of hydrogen-bond acceptors (Lipinski definition) is 4.